The van der Waals surface area contributed by atoms with E-state index in [0.29, 0.717) is 5.69 Å². The van der Waals surface area contributed by atoms with Gasteiger partial charge in [-0.25, -0.2) is 4.39 Å². The van der Waals surface area contributed by atoms with Crippen molar-refractivity contribution in [2.24, 2.45) is 7.05 Å². The molecule has 0 aliphatic heterocycles. The lowest BCUT2D eigenvalue weighted by atomic mass is 10.1. The number of aromatic nitrogens is 1. The zero-order valence-corrected chi connectivity index (χ0v) is 10.6. The lowest BCUT2D eigenvalue weighted by Crippen LogP contribution is -2.07. The molecule has 19 heavy (non-hydrogen) atoms. The highest BCUT2D eigenvalue weighted by molar-refractivity contribution is 5.89. The highest BCUT2D eigenvalue weighted by Crippen LogP contribution is 2.26. The minimum absolute atomic E-state index is 0.129. The second kappa shape index (κ2) is 4.94. The molecule has 0 radical (unpaired) electrons. The Morgan fingerprint density at radius 1 is 1.37 bits per heavy atom. The van der Waals surface area contributed by atoms with Crippen molar-refractivity contribution in [3.05, 3.63) is 41.8 Å². The minimum Gasteiger partial charge on any atom is -0.335 e. The molecular weight excluding hydrogens is 245 g/mol. The maximum absolute atomic E-state index is 13.5. The van der Waals surface area contributed by atoms with Gasteiger partial charge in [0.1, 0.15) is 17.6 Å². The first-order chi connectivity index (χ1) is 9.02. The first-order valence-corrected chi connectivity index (χ1v) is 5.66. The van der Waals surface area contributed by atoms with Gasteiger partial charge in [-0.2, -0.15) is 5.26 Å². The van der Waals surface area contributed by atoms with E-state index in [1.807, 2.05) is 0 Å². The first-order valence-electron chi connectivity index (χ1n) is 5.66. The topological polar surface area (TPSA) is 57.8 Å². The predicted molar refractivity (Wildman–Crippen MR) is 69.8 cm³/mol. The van der Waals surface area contributed by atoms with Crippen LogP contribution < -0.4 is 5.32 Å². The van der Waals surface area contributed by atoms with E-state index in [2.05, 4.69) is 11.4 Å². The van der Waals surface area contributed by atoms with Gasteiger partial charge in [-0.15, -0.1) is 0 Å². The Kier molecular flexibility index (Phi) is 3.34. The van der Waals surface area contributed by atoms with Gasteiger partial charge in [0, 0.05) is 25.2 Å². The van der Waals surface area contributed by atoms with Crippen LogP contribution in [0.1, 0.15) is 12.6 Å². The molecule has 0 aliphatic carbocycles. The molecule has 2 rings (SSSR count). The Bertz CT molecular complexity index is 682. The van der Waals surface area contributed by atoms with Crippen LogP contribution in [0.4, 0.5) is 10.1 Å². The van der Waals surface area contributed by atoms with E-state index in [-0.39, 0.29) is 11.6 Å². The Balaban J connectivity index is 2.48. The molecule has 5 heteroatoms. The summed E-state index contributed by atoms with van der Waals surface area (Å²) in [6.45, 7) is 1.32. The molecule has 0 spiro atoms. The third-order valence-corrected chi connectivity index (χ3v) is 2.81. The molecule has 1 aromatic carbocycles. The second-order valence-electron chi connectivity index (χ2n) is 4.15. The monoisotopic (exact) mass is 257 g/mol. The van der Waals surface area contributed by atoms with E-state index in [0.717, 1.165) is 11.3 Å². The molecule has 0 saturated carbocycles. The molecule has 0 unspecified atom stereocenters. The third-order valence-electron chi connectivity index (χ3n) is 2.81. The maximum Gasteiger partial charge on any atom is 0.221 e. The van der Waals surface area contributed by atoms with Gasteiger partial charge < -0.3 is 9.88 Å². The van der Waals surface area contributed by atoms with E-state index in [9.17, 15) is 9.18 Å². The van der Waals surface area contributed by atoms with E-state index >= 15 is 0 Å². The molecule has 96 valence electrons. The van der Waals surface area contributed by atoms with E-state index < -0.39 is 5.82 Å². The quantitative estimate of drug-likeness (QED) is 0.899. The van der Waals surface area contributed by atoms with Crippen LogP contribution in [0.5, 0.6) is 0 Å². The zero-order chi connectivity index (χ0) is 14.0. The van der Waals surface area contributed by atoms with Gasteiger partial charge in [0.25, 0.3) is 0 Å². The van der Waals surface area contributed by atoms with Crippen LogP contribution in [0.15, 0.2) is 30.3 Å². The molecule has 0 fully saturated rings. The number of rotatable bonds is 2. The van der Waals surface area contributed by atoms with Gasteiger partial charge in [0.2, 0.25) is 5.91 Å². The average Bonchev–Trinajstić information content (AvgIpc) is 2.73. The normalized spacial score (nSPS) is 10.0. The molecule has 4 nitrogen and oxygen atoms in total. The first kappa shape index (κ1) is 12.8. The number of hydrogen-bond donors (Lipinski definition) is 1. The van der Waals surface area contributed by atoms with Crippen molar-refractivity contribution in [2.75, 3.05) is 5.32 Å². The lowest BCUT2D eigenvalue weighted by molar-refractivity contribution is -0.114. The largest absolute Gasteiger partial charge is 0.335 e. The summed E-state index contributed by atoms with van der Waals surface area (Å²) in [5, 5.41) is 11.3. The van der Waals surface area contributed by atoms with Crippen LogP contribution in [0.3, 0.4) is 0 Å². The van der Waals surface area contributed by atoms with Crippen LogP contribution in [0, 0.1) is 17.1 Å². The van der Waals surface area contributed by atoms with Crippen molar-refractivity contribution in [1.29, 1.82) is 5.26 Å². The number of benzene rings is 1. The number of amides is 1. The molecule has 0 aliphatic rings. The van der Waals surface area contributed by atoms with Crippen molar-refractivity contribution >= 4 is 11.6 Å². The summed E-state index contributed by atoms with van der Waals surface area (Å²) >= 11 is 0. The summed E-state index contributed by atoms with van der Waals surface area (Å²) in [6, 6.07) is 9.98. The van der Waals surface area contributed by atoms with E-state index in [1.54, 1.807) is 35.9 Å². The Hall–Kier alpha value is -2.61. The van der Waals surface area contributed by atoms with Gasteiger partial charge in [-0.3, -0.25) is 4.79 Å². The molecule has 0 atom stereocenters. The van der Waals surface area contributed by atoms with E-state index in [4.69, 9.17) is 5.26 Å². The molecule has 1 heterocycles. The summed E-state index contributed by atoms with van der Waals surface area (Å²) in [5.41, 5.74) is 2.16. The van der Waals surface area contributed by atoms with Crippen LogP contribution in [0.25, 0.3) is 11.3 Å². The van der Waals surface area contributed by atoms with Gasteiger partial charge in [-0.1, -0.05) is 0 Å². The number of hydrogen-bond acceptors (Lipinski definition) is 2. The predicted octanol–water partition coefficient (Wildman–Crippen LogP) is 2.66. The molecule has 1 aromatic heterocycles. The highest BCUT2D eigenvalue weighted by atomic mass is 19.1. The van der Waals surface area contributed by atoms with Crippen LogP contribution in [-0.4, -0.2) is 10.5 Å². The fourth-order valence-corrected chi connectivity index (χ4v) is 1.88. The molecule has 1 amide bonds. The fraction of sp³-hybridized carbons (Fsp3) is 0.143. The van der Waals surface area contributed by atoms with Crippen LogP contribution in [-0.2, 0) is 11.8 Å². The number of nitriles is 1. The summed E-state index contributed by atoms with van der Waals surface area (Å²) in [4.78, 5) is 11.0. The number of carbonyl (C=O) groups excluding carboxylic acids is 1. The fourth-order valence-electron chi connectivity index (χ4n) is 1.88. The number of anilines is 1. The van der Waals surface area contributed by atoms with Crippen molar-refractivity contribution in [3.63, 3.8) is 0 Å². The zero-order valence-electron chi connectivity index (χ0n) is 10.6. The average molecular weight is 257 g/mol. The summed E-state index contributed by atoms with van der Waals surface area (Å²) in [7, 11) is 1.76. The van der Waals surface area contributed by atoms with Crippen molar-refractivity contribution < 1.29 is 9.18 Å². The van der Waals surface area contributed by atoms with Gasteiger partial charge in [0.15, 0.2) is 0 Å². The summed E-state index contributed by atoms with van der Waals surface area (Å²) in [5.74, 6) is -0.825. The van der Waals surface area contributed by atoms with Gasteiger partial charge >= 0.3 is 0 Å². The smallest absolute Gasteiger partial charge is 0.221 e. The Morgan fingerprint density at radius 3 is 2.68 bits per heavy atom. The number of carbonyl (C=O) groups is 1. The van der Waals surface area contributed by atoms with Gasteiger partial charge in [0.05, 0.1) is 5.69 Å². The Labute approximate surface area is 110 Å². The van der Waals surface area contributed by atoms with Crippen molar-refractivity contribution in [3.8, 4) is 17.3 Å². The maximum atomic E-state index is 13.5. The SMILES string of the molecule is CC(=O)Nc1cc(-c2ccc(C#N)n2C)ccc1F. The standard InChI is InChI=1S/C14H12FN3O/c1-9(19)17-13-7-10(3-5-12(13)15)14-6-4-11(8-16)18(14)2/h3-7H,1-2H3,(H,17,19). The molecule has 0 saturated heterocycles. The molecule has 2 aromatic rings. The molecule has 0 bridgehead atoms. The van der Waals surface area contributed by atoms with Crippen molar-refractivity contribution in [2.45, 2.75) is 6.92 Å². The highest BCUT2D eigenvalue weighted by Gasteiger charge is 2.10. The second-order valence-corrected chi connectivity index (χ2v) is 4.15. The number of halogens is 1. The summed E-state index contributed by atoms with van der Waals surface area (Å²) < 4.78 is 15.3. The summed E-state index contributed by atoms with van der Waals surface area (Å²) in [6.07, 6.45) is 0. The third kappa shape index (κ3) is 2.47. The Morgan fingerprint density at radius 2 is 2.11 bits per heavy atom. The number of nitrogens with zero attached hydrogens (tertiary/aromatic N) is 2. The van der Waals surface area contributed by atoms with Gasteiger partial charge in [-0.05, 0) is 30.3 Å². The number of nitrogens with one attached hydrogen (secondary N) is 1. The van der Waals surface area contributed by atoms with E-state index in [1.165, 1.54) is 13.0 Å². The van der Waals surface area contributed by atoms with Crippen LogP contribution in [0.2, 0.25) is 0 Å². The minimum atomic E-state index is -0.492. The molecule has 1 N–H and O–H groups in total. The lowest BCUT2D eigenvalue weighted by Gasteiger charge is -2.08. The van der Waals surface area contributed by atoms with Crippen LogP contribution >= 0.6 is 0 Å². The van der Waals surface area contributed by atoms with Crippen molar-refractivity contribution in [1.82, 2.24) is 4.57 Å². The molecular formula is C14H12FN3O.